The lowest BCUT2D eigenvalue weighted by molar-refractivity contribution is 0.145. The molecule has 2 heterocycles. The van der Waals surface area contributed by atoms with Crippen LogP contribution < -0.4 is 0 Å². The highest BCUT2D eigenvalue weighted by Gasteiger charge is 2.27. The largest absolute Gasteiger partial charge is 0.341 e. The van der Waals surface area contributed by atoms with E-state index in [1.807, 2.05) is 11.8 Å². The van der Waals surface area contributed by atoms with Gasteiger partial charge in [-0.2, -0.15) is 11.8 Å². The quantitative estimate of drug-likeness (QED) is 0.928. The molecular formula is C16H23N3S. The molecule has 3 rings (SSSR count). The van der Waals surface area contributed by atoms with Crippen LogP contribution >= 0.6 is 11.8 Å². The number of benzene rings is 1. The zero-order valence-electron chi connectivity index (χ0n) is 12.3. The fourth-order valence-corrected chi connectivity index (χ4v) is 3.39. The van der Waals surface area contributed by atoms with Crippen molar-refractivity contribution < 1.29 is 0 Å². The summed E-state index contributed by atoms with van der Waals surface area (Å²) < 4.78 is 0. The fourth-order valence-electron chi connectivity index (χ4n) is 3.05. The van der Waals surface area contributed by atoms with Gasteiger partial charge in [-0.1, -0.05) is 25.5 Å². The van der Waals surface area contributed by atoms with Crippen LogP contribution in [0.5, 0.6) is 0 Å². The van der Waals surface area contributed by atoms with Crippen molar-refractivity contribution in [3.8, 4) is 0 Å². The zero-order valence-corrected chi connectivity index (χ0v) is 13.1. The van der Waals surface area contributed by atoms with Gasteiger partial charge >= 0.3 is 0 Å². The monoisotopic (exact) mass is 289 g/mol. The smallest absolute Gasteiger partial charge is 0.124 e. The van der Waals surface area contributed by atoms with Gasteiger partial charge in [-0.05, 0) is 37.8 Å². The van der Waals surface area contributed by atoms with Gasteiger partial charge in [-0.3, -0.25) is 4.90 Å². The number of likely N-dealkylation sites (tertiary alicyclic amines) is 1. The van der Waals surface area contributed by atoms with Gasteiger partial charge in [0.15, 0.2) is 0 Å². The standard InChI is InChI=1S/C16H23N3S/c1-12(20-2)11-19-10-6-5-9-15(19)16-17-13-7-3-4-8-14(13)18-16/h3-4,7-8,12,15H,5-6,9-11H2,1-2H3,(H,17,18). The molecule has 2 atom stereocenters. The van der Waals surface area contributed by atoms with E-state index in [2.05, 4.69) is 47.3 Å². The predicted molar refractivity (Wildman–Crippen MR) is 87.2 cm³/mol. The Morgan fingerprint density at radius 2 is 2.25 bits per heavy atom. The van der Waals surface area contributed by atoms with Gasteiger partial charge in [-0.25, -0.2) is 4.98 Å². The van der Waals surface area contributed by atoms with Crippen LogP contribution in [0.3, 0.4) is 0 Å². The Hall–Kier alpha value is -1.00. The summed E-state index contributed by atoms with van der Waals surface area (Å²) in [6.45, 7) is 4.67. The molecule has 0 saturated carbocycles. The molecule has 0 bridgehead atoms. The number of aromatic amines is 1. The first-order valence-electron chi connectivity index (χ1n) is 7.49. The molecular weight excluding hydrogens is 266 g/mol. The number of aromatic nitrogens is 2. The van der Waals surface area contributed by atoms with Crippen molar-refractivity contribution in [2.75, 3.05) is 19.3 Å². The number of thioether (sulfide) groups is 1. The van der Waals surface area contributed by atoms with Crippen molar-refractivity contribution in [2.45, 2.75) is 37.5 Å². The molecule has 0 amide bonds. The van der Waals surface area contributed by atoms with E-state index < -0.39 is 0 Å². The second-order valence-electron chi connectivity index (χ2n) is 5.69. The molecule has 0 spiro atoms. The highest BCUT2D eigenvalue weighted by molar-refractivity contribution is 7.99. The number of nitrogens with zero attached hydrogens (tertiary/aromatic N) is 2. The summed E-state index contributed by atoms with van der Waals surface area (Å²) in [6.07, 6.45) is 6.05. The number of hydrogen-bond donors (Lipinski definition) is 1. The summed E-state index contributed by atoms with van der Waals surface area (Å²) in [5, 5.41) is 0.681. The molecule has 0 aliphatic carbocycles. The van der Waals surface area contributed by atoms with Gasteiger partial charge in [0.1, 0.15) is 5.82 Å². The Morgan fingerprint density at radius 1 is 1.40 bits per heavy atom. The van der Waals surface area contributed by atoms with E-state index in [1.54, 1.807) is 0 Å². The van der Waals surface area contributed by atoms with Gasteiger partial charge in [-0.15, -0.1) is 0 Å². The number of hydrogen-bond acceptors (Lipinski definition) is 3. The SMILES string of the molecule is CSC(C)CN1CCCCC1c1nc2ccccc2[nH]1. The molecule has 1 aliphatic rings. The van der Waals surface area contributed by atoms with Crippen LogP contribution in [0.2, 0.25) is 0 Å². The van der Waals surface area contributed by atoms with E-state index in [1.165, 1.54) is 25.8 Å². The number of nitrogens with one attached hydrogen (secondary N) is 1. The van der Waals surface area contributed by atoms with Crippen LogP contribution in [0.25, 0.3) is 11.0 Å². The highest BCUT2D eigenvalue weighted by atomic mass is 32.2. The van der Waals surface area contributed by atoms with Crippen LogP contribution in [0.4, 0.5) is 0 Å². The Morgan fingerprint density at radius 3 is 3.05 bits per heavy atom. The van der Waals surface area contributed by atoms with Gasteiger partial charge in [0.25, 0.3) is 0 Å². The zero-order chi connectivity index (χ0) is 13.9. The fraction of sp³-hybridized carbons (Fsp3) is 0.562. The Balaban J connectivity index is 1.84. The normalized spacial score (nSPS) is 22.2. The van der Waals surface area contributed by atoms with E-state index >= 15 is 0 Å². The third-order valence-corrected chi connectivity index (χ3v) is 5.18. The first-order chi connectivity index (χ1) is 9.78. The number of fused-ring (bicyclic) bond motifs is 1. The van der Waals surface area contributed by atoms with Crippen molar-refractivity contribution >= 4 is 22.8 Å². The van der Waals surface area contributed by atoms with Crippen LogP contribution in [-0.2, 0) is 0 Å². The third kappa shape index (κ3) is 2.86. The number of para-hydroxylation sites is 2. The van der Waals surface area contributed by atoms with Gasteiger partial charge in [0.05, 0.1) is 17.1 Å². The molecule has 108 valence electrons. The number of H-pyrrole nitrogens is 1. The first kappa shape index (κ1) is 14.0. The van der Waals surface area contributed by atoms with E-state index in [-0.39, 0.29) is 0 Å². The predicted octanol–water partition coefficient (Wildman–Crippen LogP) is 3.84. The van der Waals surface area contributed by atoms with Crippen LogP contribution in [0, 0.1) is 0 Å². The van der Waals surface area contributed by atoms with Crippen LogP contribution in [0.15, 0.2) is 24.3 Å². The molecule has 1 saturated heterocycles. The lowest BCUT2D eigenvalue weighted by Gasteiger charge is -2.35. The van der Waals surface area contributed by atoms with Gasteiger partial charge in [0.2, 0.25) is 0 Å². The molecule has 3 nitrogen and oxygen atoms in total. The number of piperidine rings is 1. The van der Waals surface area contributed by atoms with Crippen molar-refractivity contribution in [1.29, 1.82) is 0 Å². The van der Waals surface area contributed by atoms with Crippen molar-refractivity contribution in [1.82, 2.24) is 14.9 Å². The second kappa shape index (κ2) is 6.19. The van der Waals surface area contributed by atoms with E-state index in [0.29, 0.717) is 11.3 Å². The number of imidazole rings is 1. The molecule has 1 N–H and O–H groups in total. The van der Waals surface area contributed by atoms with Crippen LogP contribution in [0.1, 0.15) is 38.1 Å². The molecule has 1 aromatic carbocycles. The molecule has 20 heavy (non-hydrogen) atoms. The molecule has 2 aromatic rings. The molecule has 0 radical (unpaired) electrons. The Kier molecular flexibility index (Phi) is 4.32. The summed E-state index contributed by atoms with van der Waals surface area (Å²) in [5.74, 6) is 1.15. The van der Waals surface area contributed by atoms with E-state index in [9.17, 15) is 0 Å². The average molecular weight is 289 g/mol. The third-order valence-electron chi connectivity index (χ3n) is 4.23. The Labute approximate surface area is 125 Å². The van der Waals surface area contributed by atoms with Crippen molar-refractivity contribution in [3.63, 3.8) is 0 Å². The lowest BCUT2D eigenvalue weighted by atomic mass is 10.0. The topological polar surface area (TPSA) is 31.9 Å². The minimum absolute atomic E-state index is 0.464. The summed E-state index contributed by atoms with van der Waals surface area (Å²) in [7, 11) is 0. The maximum absolute atomic E-state index is 4.82. The summed E-state index contributed by atoms with van der Waals surface area (Å²) in [4.78, 5) is 11.0. The van der Waals surface area contributed by atoms with E-state index in [0.717, 1.165) is 23.4 Å². The van der Waals surface area contributed by atoms with Gasteiger partial charge in [0, 0.05) is 11.8 Å². The summed E-state index contributed by atoms with van der Waals surface area (Å²) >= 11 is 1.95. The van der Waals surface area contributed by atoms with E-state index in [4.69, 9.17) is 4.98 Å². The summed E-state index contributed by atoms with van der Waals surface area (Å²) in [5.41, 5.74) is 2.25. The highest BCUT2D eigenvalue weighted by Crippen LogP contribution is 2.31. The van der Waals surface area contributed by atoms with Crippen LogP contribution in [-0.4, -0.2) is 39.5 Å². The lowest BCUT2D eigenvalue weighted by Crippen LogP contribution is -2.37. The second-order valence-corrected chi connectivity index (χ2v) is 6.97. The molecule has 1 fully saturated rings. The Bertz CT molecular complexity index is 533. The molecule has 2 unspecified atom stereocenters. The molecule has 1 aliphatic heterocycles. The van der Waals surface area contributed by atoms with Crippen molar-refractivity contribution in [3.05, 3.63) is 30.1 Å². The maximum atomic E-state index is 4.82. The molecule has 1 aromatic heterocycles. The minimum atomic E-state index is 0.464. The minimum Gasteiger partial charge on any atom is -0.341 e. The summed E-state index contributed by atoms with van der Waals surface area (Å²) in [6, 6.07) is 8.79. The molecule has 4 heteroatoms. The first-order valence-corrected chi connectivity index (χ1v) is 8.78. The van der Waals surface area contributed by atoms with Gasteiger partial charge < -0.3 is 4.98 Å². The number of rotatable bonds is 4. The maximum Gasteiger partial charge on any atom is 0.124 e. The van der Waals surface area contributed by atoms with Crippen molar-refractivity contribution in [2.24, 2.45) is 0 Å². The average Bonchev–Trinajstić information content (AvgIpc) is 2.91.